The molecule has 1 heterocycles. The summed E-state index contributed by atoms with van der Waals surface area (Å²) in [6, 6.07) is 10.2. The molecule has 0 aliphatic carbocycles. The summed E-state index contributed by atoms with van der Waals surface area (Å²) in [6.45, 7) is 13.4. The number of benzene rings is 1. The first-order chi connectivity index (χ1) is 12.0. The highest BCUT2D eigenvalue weighted by Crippen LogP contribution is 2.18. The lowest BCUT2D eigenvalue weighted by molar-refractivity contribution is 0.0944. The number of likely N-dealkylation sites (N-methyl/N-ethyl adjacent to an activating group) is 1. The Balaban J connectivity index is 1.99. The molecular formula is C20H30N4O. The van der Waals surface area contributed by atoms with Gasteiger partial charge < -0.3 is 10.2 Å². The molecule has 0 aliphatic heterocycles. The monoisotopic (exact) mass is 342 g/mol. The summed E-state index contributed by atoms with van der Waals surface area (Å²) in [6.07, 6.45) is 0. The first-order valence-electron chi connectivity index (χ1n) is 9.14. The van der Waals surface area contributed by atoms with Gasteiger partial charge >= 0.3 is 0 Å². The Morgan fingerprint density at radius 3 is 2.60 bits per heavy atom. The summed E-state index contributed by atoms with van der Waals surface area (Å²) in [5, 5.41) is 7.55. The molecule has 0 aliphatic rings. The molecule has 5 heteroatoms. The summed E-state index contributed by atoms with van der Waals surface area (Å²) in [5.74, 6) is 0.262. The number of nitrogens with zero attached hydrogens (tertiary/aromatic N) is 3. The number of hydrogen-bond acceptors (Lipinski definition) is 3. The van der Waals surface area contributed by atoms with Crippen molar-refractivity contribution in [2.75, 3.05) is 24.5 Å². The van der Waals surface area contributed by atoms with Gasteiger partial charge in [-0.15, -0.1) is 0 Å². The molecule has 2 rings (SSSR count). The largest absolute Gasteiger partial charge is 0.370 e. The molecule has 0 saturated carbocycles. The maximum Gasteiger partial charge on any atom is 0.269 e. The maximum absolute atomic E-state index is 12.5. The Hall–Kier alpha value is -2.30. The Labute approximate surface area is 151 Å². The molecule has 0 radical (unpaired) electrons. The van der Waals surface area contributed by atoms with Gasteiger partial charge in [0.15, 0.2) is 0 Å². The van der Waals surface area contributed by atoms with Gasteiger partial charge in [-0.25, -0.2) is 0 Å². The zero-order valence-corrected chi connectivity index (χ0v) is 16.0. The Morgan fingerprint density at radius 2 is 2.00 bits per heavy atom. The second kappa shape index (κ2) is 8.70. The number of anilines is 1. The first-order valence-corrected chi connectivity index (χ1v) is 9.14. The second-order valence-corrected chi connectivity index (χ2v) is 6.55. The van der Waals surface area contributed by atoms with Gasteiger partial charge in [-0.2, -0.15) is 5.10 Å². The van der Waals surface area contributed by atoms with Gasteiger partial charge in [0, 0.05) is 31.9 Å². The minimum atomic E-state index is -0.0536. The highest BCUT2D eigenvalue weighted by Gasteiger charge is 2.16. The predicted molar refractivity (Wildman–Crippen MR) is 103 cm³/mol. The SMILES string of the molecule is CCN(CCNC(=O)c1cc(C(C)C)nn1CC)c1ccccc1C. The highest BCUT2D eigenvalue weighted by atomic mass is 16.2. The Morgan fingerprint density at radius 1 is 1.28 bits per heavy atom. The molecule has 1 aromatic heterocycles. The average Bonchev–Trinajstić information content (AvgIpc) is 3.04. The molecule has 25 heavy (non-hydrogen) atoms. The highest BCUT2D eigenvalue weighted by molar-refractivity contribution is 5.92. The molecule has 1 N–H and O–H groups in total. The average molecular weight is 342 g/mol. The van der Waals surface area contributed by atoms with Gasteiger partial charge in [-0.1, -0.05) is 32.0 Å². The van der Waals surface area contributed by atoms with E-state index in [1.54, 1.807) is 4.68 Å². The molecule has 5 nitrogen and oxygen atoms in total. The van der Waals surface area contributed by atoms with Crippen molar-refractivity contribution in [3.63, 3.8) is 0 Å². The van der Waals surface area contributed by atoms with Crippen molar-refractivity contribution < 1.29 is 4.79 Å². The van der Waals surface area contributed by atoms with Crippen LogP contribution in [0, 0.1) is 6.92 Å². The summed E-state index contributed by atoms with van der Waals surface area (Å²) in [5.41, 5.74) is 4.08. The molecular weight excluding hydrogens is 312 g/mol. The number of aromatic nitrogens is 2. The van der Waals surface area contributed by atoms with Crippen LogP contribution in [-0.4, -0.2) is 35.3 Å². The molecule has 0 unspecified atom stereocenters. The van der Waals surface area contributed by atoms with E-state index in [0.29, 0.717) is 24.7 Å². The number of nitrogens with one attached hydrogen (secondary N) is 1. The Bertz CT molecular complexity index is 705. The quantitative estimate of drug-likeness (QED) is 0.797. The van der Waals surface area contributed by atoms with E-state index in [9.17, 15) is 4.79 Å². The van der Waals surface area contributed by atoms with Crippen LogP contribution in [0.2, 0.25) is 0 Å². The molecule has 0 atom stereocenters. The molecule has 0 bridgehead atoms. The van der Waals surface area contributed by atoms with Gasteiger partial charge in [-0.3, -0.25) is 9.48 Å². The fourth-order valence-corrected chi connectivity index (χ4v) is 2.90. The summed E-state index contributed by atoms with van der Waals surface area (Å²) < 4.78 is 1.78. The smallest absolute Gasteiger partial charge is 0.269 e. The van der Waals surface area contributed by atoms with Crippen molar-refractivity contribution in [2.24, 2.45) is 0 Å². The van der Waals surface area contributed by atoms with E-state index in [2.05, 4.69) is 61.2 Å². The lowest BCUT2D eigenvalue weighted by Crippen LogP contribution is -2.36. The van der Waals surface area contributed by atoms with Crippen molar-refractivity contribution in [3.8, 4) is 0 Å². The van der Waals surface area contributed by atoms with E-state index >= 15 is 0 Å². The standard InChI is InChI=1S/C20H30N4O/c1-6-23(18-11-9-8-10-16(18)5)13-12-21-20(25)19-14-17(15(3)4)22-24(19)7-2/h8-11,14-15H,6-7,12-13H2,1-5H3,(H,21,25). The minimum Gasteiger partial charge on any atom is -0.370 e. The zero-order valence-electron chi connectivity index (χ0n) is 16.0. The van der Waals surface area contributed by atoms with Crippen molar-refractivity contribution in [3.05, 3.63) is 47.3 Å². The second-order valence-electron chi connectivity index (χ2n) is 6.55. The van der Waals surface area contributed by atoms with Gasteiger partial charge in [0.1, 0.15) is 5.69 Å². The fraction of sp³-hybridized carbons (Fsp3) is 0.500. The molecule has 1 amide bonds. The van der Waals surface area contributed by atoms with Crippen LogP contribution in [0.1, 0.15) is 55.4 Å². The number of amides is 1. The maximum atomic E-state index is 12.5. The van der Waals surface area contributed by atoms with Crippen LogP contribution in [-0.2, 0) is 6.54 Å². The summed E-state index contributed by atoms with van der Waals surface area (Å²) >= 11 is 0. The van der Waals surface area contributed by atoms with Gasteiger partial charge in [0.05, 0.1) is 5.69 Å². The third-order valence-electron chi connectivity index (χ3n) is 4.43. The molecule has 0 fully saturated rings. The molecule has 2 aromatic rings. The Kier molecular flexibility index (Phi) is 6.62. The van der Waals surface area contributed by atoms with Crippen LogP contribution in [0.5, 0.6) is 0 Å². The van der Waals surface area contributed by atoms with E-state index in [1.165, 1.54) is 11.3 Å². The zero-order chi connectivity index (χ0) is 18.4. The van der Waals surface area contributed by atoms with Crippen LogP contribution >= 0.6 is 0 Å². The predicted octanol–water partition coefficient (Wildman–Crippen LogP) is 3.59. The van der Waals surface area contributed by atoms with Crippen molar-refractivity contribution in [1.29, 1.82) is 0 Å². The van der Waals surface area contributed by atoms with Gasteiger partial charge in [0.25, 0.3) is 5.91 Å². The molecule has 136 valence electrons. The minimum absolute atomic E-state index is 0.0536. The topological polar surface area (TPSA) is 50.2 Å². The van der Waals surface area contributed by atoms with E-state index in [-0.39, 0.29) is 5.91 Å². The van der Waals surface area contributed by atoms with Crippen LogP contribution in [0.3, 0.4) is 0 Å². The van der Waals surface area contributed by atoms with E-state index in [1.807, 2.05) is 19.1 Å². The fourth-order valence-electron chi connectivity index (χ4n) is 2.90. The molecule has 0 saturated heterocycles. The number of carbonyl (C=O) groups is 1. The lowest BCUT2D eigenvalue weighted by atomic mass is 10.1. The van der Waals surface area contributed by atoms with E-state index in [4.69, 9.17) is 0 Å². The molecule has 0 spiro atoms. The van der Waals surface area contributed by atoms with Gasteiger partial charge in [0.2, 0.25) is 0 Å². The third kappa shape index (κ3) is 4.62. The third-order valence-corrected chi connectivity index (χ3v) is 4.43. The molecule has 1 aromatic carbocycles. The number of aryl methyl sites for hydroxylation is 2. The first kappa shape index (κ1) is 19.0. The van der Waals surface area contributed by atoms with Crippen molar-refractivity contribution in [1.82, 2.24) is 15.1 Å². The van der Waals surface area contributed by atoms with E-state index < -0.39 is 0 Å². The van der Waals surface area contributed by atoms with Crippen molar-refractivity contribution in [2.45, 2.75) is 47.1 Å². The van der Waals surface area contributed by atoms with Gasteiger partial charge in [-0.05, 0) is 44.4 Å². The van der Waals surface area contributed by atoms with Crippen LogP contribution in [0.15, 0.2) is 30.3 Å². The lowest BCUT2D eigenvalue weighted by Gasteiger charge is -2.25. The van der Waals surface area contributed by atoms with Crippen molar-refractivity contribution >= 4 is 11.6 Å². The van der Waals surface area contributed by atoms with E-state index in [0.717, 1.165) is 18.8 Å². The van der Waals surface area contributed by atoms with Crippen LogP contribution in [0.4, 0.5) is 5.69 Å². The number of para-hydroxylation sites is 1. The summed E-state index contributed by atoms with van der Waals surface area (Å²) in [4.78, 5) is 14.8. The number of hydrogen-bond donors (Lipinski definition) is 1. The summed E-state index contributed by atoms with van der Waals surface area (Å²) in [7, 11) is 0. The number of rotatable bonds is 8. The van der Waals surface area contributed by atoms with Crippen LogP contribution < -0.4 is 10.2 Å². The number of carbonyl (C=O) groups excluding carboxylic acids is 1. The van der Waals surface area contributed by atoms with Crippen LogP contribution in [0.25, 0.3) is 0 Å². The normalized spacial score (nSPS) is 11.0.